The highest BCUT2D eigenvalue weighted by atomic mass is 16.1. The molecule has 5 nitrogen and oxygen atoms in total. The Bertz CT molecular complexity index is 695. The van der Waals surface area contributed by atoms with Gasteiger partial charge in [0.2, 0.25) is 0 Å². The summed E-state index contributed by atoms with van der Waals surface area (Å²) in [5.74, 6) is -0.0183. The molecule has 0 aliphatic carbocycles. The third-order valence-electron chi connectivity index (χ3n) is 5.15. The maximum absolute atomic E-state index is 12.8. The highest BCUT2D eigenvalue weighted by molar-refractivity contribution is 5.94. The van der Waals surface area contributed by atoms with Crippen molar-refractivity contribution in [2.45, 2.75) is 52.6 Å². The van der Waals surface area contributed by atoms with Crippen molar-refractivity contribution >= 4 is 11.6 Å². The van der Waals surface area contributed by atoms with Gasteiger partial charge in [-0.05, 0) is 48.9 Å². The van der Waals surface area contributed by atoms with Crippen LogP contribution < -0.4 is 10.2 Å². The number of amides is 1. The second-order valence-electron chi connectivity index (χ2n) is 8.25. The van der Waals surface area contributed by atoms with Gasteiger partial charge >= 0.3 is 0 Å². The van der Waals surface area contributed by atoms with Crippen LogP contribution in [0.25, 0.3) is 0 Å². The Labute approximate surface area is 156 Å². The molecule has 5 heteroatoms. The van der Waals surface area contributed by atoms with Crippen LogP contribution in [0.2, 0.25) is 0 Å². The molecule has 1 aromatic heterocycles. The molecule has 2 heterocycles. The summed E-state index contributed by atoms with van der Waals surface area (Å²) < 4.78 is 2.01. The first kappa shape index (κ1) is 18.5. The minimum Gasteiger partial charge on any atom is -0.372 e. The average molecular weight is 354 g/mol. The van der Waals surface area contributed by atoms with Crippen molar-refractivity contribution in [3.05, 3.63) is 48.5 Å². The zero-order chi connectivity index (χ0) is 18.6. The first-order chi connectivity index (χ1) is 12.4. The van der Waals surface area contributed by atoms with Crippen molar-refractivity contribution in [2.24, 2.45) is 5.41 Å². The van der Waals surface area contributed by atoms with Crippen LogP contribution in [-0.2, 0) is 6.54 Å². The van der Waals surface area contributed by atoms with Crippen LogP contribution in [0.3, 0.4) is 0 Å². The van der Waals surface area contributed by atoms with E-state index in [0.717, 1.165) is 13.1 Å². The highest BCUT2D eigenvalue weighted by Crippen LogP contribution is 2.23. The molecule has 1 aromatic carbocycles. The number of carbonyl (C=O) groups is 1. The molecule has 0 saturated carbocycles. The molecular weight excluding hydrogens is 324 g/mol. The van der Waals surface area contributed by atoms with Gasteiger partial charge in [0.25, 0.3) is 5.91 Å². The molecule has 1 saturated heterocycles. The van der Waals surface area contributed by atoms with Gasteiger partial charge in [0, 0.05) is 43.3 Å². The van der Waals surface area contributed by atoms with E-state index in [-0.39, 0.29) is 17.4 Å². The Kier molecular flexibility index (Phi) is 5.64. The molecule has 1 amide bonds. The summed E-state index contributed by atoms with van der Waals surface area (Å²) in [4.78, 5) is 19.3. The van der Waals surface area contributed by atoms with Crippen LogP contribution in [0.5, 0.6) is 0 Å². The Hall–Kier alpha value is -2.30. The van der Waals surface area contributed by atoms with Crippen molar-refractivity contribution in [3.8, 4) is 0 Å². The topological polar surface area (TPSA) is 50.2 Å². The minimum absolute atomic E-state index is 0.0183. The fourth-order valence-electron chi connectivity index (χ4n) is 3.36. The average Bonchev–Trinajstić information content (AvgIpc) is 3.14. The van der Waals surface area contributed by atoms with Crippen LogP contribution in [0.15, 0.2) is 43.0 Å². The van der Waals surface area contributed by atoms with E-state index in [0.29, 0.717) is 12.1 Å². The highest BCUT2D eigenvalue weighted by Gasteiger charge is 2.27. The molecule has 1 atom stereocenters. The number of hydrogen-bond donors (Lipinski definition) is 1. The maximum atomic E-state index is 12.8. The quantitative estimate of drug-likeness (QED) is 0.890. The van der Waals surface area contributed by atoms with Crippen LogP contribution in [0, 0.1) is 5.41 Å². The van der Waals surface area contributed by atoms with Gasteiger partial charge in [-0.1, -0.05) is 20.8 Å². The SMILES string of the molecule is CC(C)(C)C(Cn1ccnc1)NC(=O)c1ccc(N2CCCCC2)cc1. The molecule has 140 valence electrons. The number of benzene rings is 1. The summed E-state index contributed by atoms with van der Waals surface area (Å²) in [7, 11) is 0. The zero-order valence-electron chi connectivity index (χ0n) is 16.1. The van der Waals surface area contributed by atoms with Crippen LogP contribution in [-0.4, -0.2) is 34.6 Å². The van der Waals surface area contributed by atoms with E-state index in [1.54, 1.807) is 12.5 Å². The molecule has 1 aliphatic heterocycles. The number of hydrogen-bond acceptors (Lipinski definition) is 3. The molecule has 0 spiro atoms. The van der Waals surface area contributed by atoms with Gasteiger partial charge in [0.05, 0.1) is 12.4 Å². The first-order valence-electron chi connectivity index (χ1n) is 9.55. The number of aromatic nitrogens is 2. The van der Waals surface area contributed by atoms with Gasteiger partial charge in [0.15, 0.2) is 0 Å². The largest absolute Gasteiger partial charge is 0.372 e. The third kappa shape index (κ3) is 4.65. The standard InChI is InChI=1S/C21H30N4O/c1-21(2,3)19(15-24-14-11-22-16-24)23-20(26)17-7-9-18(10-8-17)25-12-5-4-6-13-25/h7-11,14,16,19H,4-6,12-13,15H2,1-3H3,(H,23,26). The lowest BCUT2D eigenvalue weighted by Gasteiger charge is -2.32. The molecule has 1 unspecified atom stereocenters. The van der Waals surface area contributed by atoms with Gasteiger partial charge in [0.1, 0.15) is 0 Å². The molecule has 3 rings (SSSR count). The van der Waals surface area contributed by atoms with Crippen molar-refractivity contribution < 1.29 is 4.79 Å². The Morgan fingerprint density at radius 1 is 1.15 bits per heavy atom. The molecule has 1 aliphatic rings. The summed E-state index contributed by atoms with van der Waals surface area (Å²) in [5.41, 5.74) is 1.88. The molecule has 2 aromatic rings. The number of nitrogens with zero attached hydrogens (tertiary/aromatic N) is 3. The van der Waals surface area contributed by atoms with E-state index in [1.807, 2.05) is 22.9 Å². The third-order valence-corrected chi connectivity index (χ3v) is 5.15. The number of rotatable bonds is 5. The monoisotopic (exact) mass is 354 g/mol. The van der Waals surface area contributed by atoms with E-state index in [4.69, 9.17) is 0 Å². The maximum Gasteiger partial charge on any atom is 0.251 e. The van der Waals surface area contributed by atoms with Gasteiger partial charge in [-0.15, -0.1) is 0 Å². The summed E-state index contributed by atoms with van der Waals surface area (Å²) >= 11 is 0. The molecule has 1 fully saturated rings. The first-order valence-corrected chi connectivity index (χ1v) is 9.55. The van der Waals surface area contributed by atoms with E-state index in [2.05, 4.69) is 48.1 Å². The Balaban J connectivity index is 1.66. The second-order valence-corrected chi connectivity index (χ2v) is 8.25. The fraction of sp³-hybridized carbons (Fsp3) is 0.524. The summed E-state index contributed by atoms with van der Waals surface area (Å²) in [6.45, 7) is 9.38. The Morgan fingerprint density at radius 2 is 1.85 bits per heavy atom. The smallest absolute Gasteiger partial charge is 0.251 e. The second kappa shape index (κ2) is 7.94. The minimum atomic E-state index is -0.0479. The number of nitrogens with one attached hydrogen (secondary N) is 1. The van der Waals surface area contributed by atoms with E-state index >= 15 is 0 Å². The number of anilines is 1. The zero-order valence-corrected chi connectivity index (χ0v) is 16.1. The van der Waals surface area contributed by atoms with E-state index in [9.17, 15) is 4.79 Å². The van der Waals surface area contributed by atoms with Crippen molar-refractivity contribution in [1.82, 2.24) is 14.9 Å². The van der Waals surface area contributed by atoms with Crippen LogP contribution in [0.1, 0.15) is 50.4 Å². The van der Waals surface area contributed by atoms with Crippen LogP contribution >= 0.6 is 0 Å². The Morgan fingerprint density at radius 3 is 2.42 bits per heavy atom. The number of piperidine rings is 1. The van der Waals surface area contributed by atoms with Gasteiger partial charge in [-0.2, -0.15) is 0 Å². The molecule has 1 N–H and O–H groups in total. The fourth-order valence-corrected chi connectivity index (χ4v) is 3.36. The van der Waals surface area contributed by atoms with Gasteiger partial charge in [-0.25, -0.2) is 4.98 Å². The lowest BCUT2D eigenvalue weighted by Crippen LogP contribution is -2.46. The molecular formula is C21H30N4O. The predicted molar refractivity (Wildman–Crippen MR) is 105 cm³/mol. The molecule has 0 radical (unpaired) electrons. The number of carbonyl (C=O) groups excluding carboxylic acids is 1. The summed E-state index contributed by atoms with van der Waals surface area (Å²) in [6, 6.07) is 8.04. The van der Waals surface area contributed by atoms with E-state index in [1.165, 1.54) is 24.9 Å². The van der Waals surface area contributed by atoms with Gasteiger partial charge in [-0.3, -0.25) is 4.79 Å². The predicted octanol–water partition coefficient (Wildman–Crippen LogP) is 3.72. The van der Waals surface area contributed by atoms with Crippen LogP contribution in [0.4, 0.5) is 5.69 Å². The van der Waals surface area contributed by atoms with Crippen molar-refractivity contribution in [1.29, 1.82) is 0 Å². The van der Waals surface area contributed by atoms with Gasteiger partial charge < -0.3 is 14.8 Å². The lowest BCUT2D eigenvalue weighted by atomic mass is 9.86. The summed E-state index contributed by atoms with van der Waals surface area (Å²) in [6.07, 6.45) is 9.31. The normalized spacial score (nSPS) is 16.3. The molecule has 0 bridgehead atoms. The number of imidazole rings is 1. The molecule has 26 heavy (non-hydrogen) atoms. The summed E-state index contributed by atoms with van der Waals surface area (Å²) in [5, 5.41) is 3.21. The van der Waals surface area contributed by atoms with Crippen molar-refractivity contribution in [2.75, 3.05) is 18.0 Å². The van der Waals surface area contributed by atoms with E-state index < -0.39 is 0 Å². The van der Waals surface area contributed by atoms with Crippen molar-refractivity contribution in [3.63, 3.8) is 0 Å². The lowest BCUT2D eigenvalue weighted by molar-refractivity contribution is 0.0892.